The molecule has 0 spiro atoms. The largest absolute Gasteiger partial charge is 0.573 e. The van der Waals surface area contributed by atoms with Crippen LogP contribution in [0.5, 0.6) is 23.0 Å². The van der Waals surface area contributed by atoms with Gasteiger partial charge in [-0.3, -0.25) is 4.79 Å². The van der Waals surface area contributed by atoms with Crippen LogP contribution in [0, 0.1) is 0 Å². The molecule has 1 heterocycles. The van der Waals surface area contributed by atoms with E-state index >= 15 is 0 Å². The Hall–Kier alpha value is -4.09. The smallest absolute Gasteiger partial charge is 0.497 e. The number of ether oxygens (including phenoxy) is 4. The van der Waals surface area contributed by atoms with Gasteiger partial charge in [-0.05, 0) is 67.3 Å². The minimum atomic E-state index is -4.81. The van der Waals surface area contributed by atoms with Crippen LogP contribution in [-0.4, -0.2) is 44.3 Å². The van der Waals surface area contributed by atoms with Gasteiger partial charge < -0.3 is 23.8 Å². The molecule has 3 aromatic rings. The number of nitrogens with zero attached hydrogens (tertiary/aromatic N) is 1. The molecule has 0 saturated heterocycles. The first-order valence-electron chi connectivity index (χ1n) is 12.5. The Bertz CT molecular complexity index is 1320. The van der Waals surface area contributed by atoms with Crippen molar-refractivity contribution in [2.45, 2.75) is 45.5 Å². The zero-order chi connectivity index (χ0) is 30.4. The third kappa shape index (κ3) is 8.70. The molecule has 0 aliphatic carbocycles. The fraction of sp³-hybridized carbons (Fsp3) is 0.345. The fourth-order valence-corrected chi connectivity index (χ4v) is 4.45. The Kier molecular flexibility index (Phi) is 10.0. The van der Waals surface area contributed by atoms with Crippen LogP contribution in [0.3, 0.4) is 0 Å². The van der Waals surface area contributed by atoms with E-state index in [0.717, 1.165) is 28.8 Å². The third-order valence-electron chi connectivity index (χ3n) is 6.28. The fourth-order valence-electron chi connectivity index (χ4n) is 4.45. The highest BCUT2D eigenvalue weighted by Gasteiger charge is 2.34. The first kappa shape index (κ1) is 31.4. The van der Waals surface area contributed by atoms with Gasteiger partial charge in [0.1, 0.15) is 23.0 Å². The minimum Gasteiger partial charge on any atom is -0.497 e. The molecule has 1 amide bonds. The molecule has 0 N–H and O–H groups in total. The molecule has 1 aliphatic rings. The van der Waals surface area contributed by atoms with Crippen molar-refractivity contribution in [3.8, 4) is 23.0 Å². The molecular formula is C29H29F6NO5. The Morgan fingerprint density at radius 2 is 1.46 bits per heavy atom. The summed E-state index contributed by atoms with van der Waals surface area (Å²) >= 11 is 0. The van der Waals surface area contributed by atoms with Crippen LogP contribution in [0.1, 0.15) is 46.9 Å². The van der Waals surface area contributed by atoms with Gasteiger partial charge in [0, 0.05) is 23.7 Å². The van der Waals surface area contributed by atoms with E-state index < -0.39 is 18.5 Å². The summed E-state index contributed by atoms with van der Waals surface area (Å²) in [7, 11) is 3.11. The maximum Gasteiger partial charge on any atom is 0.573 e. The standard InChI is InChI=1S/C20H20F3NO4.C9H9F3O/c1-12-18-13(9-16(26-2)11-17(18)27-3)7-8-24(12)19(25)14-5-4-6-15(10-14)28-20(21,22)23;1-2-7-4-3-5-8(6-7)13-9(10,11)12/h4-6,9-12H,7-8H2,1-3H3;3-6H,2H2,1H3. The summed E-state index contributed by atoms with van der Waals surface area (Å²) in [5.41, 5.74) is 2.83. The lowest BCUT2D eigenvalue weighted by atomic mass is 9.91. The molecule has 1 aliphatic heterocycles. The SMILES string of the molecule is CCc1cccc(OC(F)(F)F)c1.COc1cc2c(c(OC)c1)C(C)N(C(=O)c1cccc(OC(F)(F)F)c1)CC2. The number of carbonyl (C=O) groups excluding carboxylic acids is 1. The van der Waals surface area contributed by atoms with Gasteiger partial charge in [-0.15, -0.1) is 26.3 Å². The highest BCUT2D eigenvalue weighted by atomic mass is 19.4. The van der Waals surface area contributed by atoms with Crippen molar-refractivity contribution in [3.63, 3.8) is 0 Å². The molecular weight excluding hydrogens is 556 g/mol. The molecule has 4 rings (SSSR count). The van der Waals surface area contributed by atoms with Crippen LogP contribution in [0.2, 0.25) is 0 Å². The number of benzene rings is 3. The van der Waals surface area contributed by atoms with E-state index in [0.29, 0.717) is 30.9 Å². The first-order chi connectivity index (χ1) is 19.2. The second kappa shape index (κ2) is 13.0. The average Bonchev–Trinajstić information content (AvgIpc) is 2.91. The Labute approximate surface area is 233 Å². The number of aryl methyl sites for hydroxylation is 1. The van der Waals surface area contributed by atoms with Crippen LogP contribution < -0.4 is 18.9 Å². The Morgan fingerprint density at radius 3 is 2.02 bits per heavy atom. The van der Waals surface area contributed by atoms with E-state index in [4.69, 9.17) is 9.47 Å². The van der Waals surface area contributed by atoms with Gasteiger partial charge >= 0.3 is 12.7 Å². The van der Waals surface area contributed by atoms with E-state index in [1.165, 1.54) is 24.3 Å². The van der Waals surface area contributed by atoms with Crippen molar-refractivity contribution >= 4 is 5.91 Å². The summed E-state index contributed by atoms with van der Waals surface area (Å²) in [5, 5.41) is 0. The summed E-state index contributed by atoms with van der Waals surface area (Å²) in [6.07, 6.45) is -8.15. The summed E-state index contributed by atoms with van der Waals surface area (Å²) in [6, 6.07) is 14.4. The molecule has 1 atom stereocenters. The van der Waals surface area contributed by atoms with E-state index in [1.807, 2.05) is 19.9 Å². The van der Waals surface area contributed by atoms with Gasteiger partial charge in [-0.1, -0.05) is 25.1 Å². The second-order valence-electron chi connectivity index (χ2n) is 8.95. The second-order valence-corrected chi connectivity index (χ2v) is 8.95. The molecule has 12 heteroatoms. The molecule has 1 unspecified atom stereocenters. The summed E-state index contributed by atoms with van der Waals surface area (Å²) < 4.78 is 91.1. The molecule has 0 saturated carbocycles. The van der Waals surface area contributed by atoms with Gasteiger partial charge in [-0.2, -0.15) is 0 Å². The lowest BCUT2D eigenvalue weighted by Crippen LogP contribution is -2.39. The highest BCUT2D eigenvalue weighted by Crippen LogP contribution is 2.40. The minimum absolute atomic E-state index is 0.129. The highest BCUT2D eigenvalue weighted by molar-refractivity contribution is 5.95. The number of carbonyl (C=O) groups is 1. The van der Waals surface area contributed by atoms with Crippen molar-refractivity contribution in [1.82, 2.24) is 4.90 Å². The Balaban J connectivity index is 0.000000298. The molecule has 222 valence electrons. The van der Waals surface area contributed by atoms with Crippen LogP contribution in [0.15, 0.2) is 60.7 Å². The molecule has 41 heavy (non-hydrogen) atoms. The van der Waals surface area contributed by atoms with E-state index in [-0.39, 0.29) is 23.3 Å². The quantitative estimate of drug-likeness (QED) is 0.280. The van der Waals surface area contributed by atoms with Crippen LogP contribution in [0.25, 0.3) is 0 Å². The van der Waals surface area contributed by atoms with Gasteiger partial charge in [0.15, 0.2) is 0 Å². The van der Waals surface area contributed by atoms with E-state index in [1.54, 1.807) is 37.3 Å². The van der Waals surface area contributed by atoms with E-state index in [2.05, 4.69) is 9.47 Å². The average molecular weight is 586 g/mol. The van der Waals surface area contributed by atoms with Gasteiger partial charge in [0.05, 0.1) is 20.3 Å². The Morgan fingerprint density at radius 1 is 0.854 bits per heavy atom. The summed E-state index contributed by atoms with van der Waals surface area (Å²) in [4.78, 5) is 14.6. The predicted octanol–water partition coefficient (Wildman–Crippen LogP) is 7.51. The van der Waals surface area contributed by atoms with Gasteiger partial charge in [0.25, 0.3) is 5.91 Å². The zero-order valence-corrected chi connectivity index (χ0v) is 22.7. The number of rotatable bonds is 6. The molecule has 0 fully saturated rings. The summed E-state index contributed by atoms with van der Waals surface area (Å²) in [5.74, 6) is 0.314. The lowest BCUT2D eigenvalue weighted by molar-refractivity contribution is -0.275. The number of halogens is 6. The first-order valence-corrected chi connectivity index (χ1v) is 12.5. The zero-order valence-electron chi connectivity index (χ0n) is 22.7. The monoisotopic (exact) mass is 585 g/mol. The van der Waals surface area contributed by atoms with Gasteiger partial charge in [-0.25, -0.2) is 0 Å². The molecule has 0 aromatic heterocycles. The maximum absolute atomic E-state index is 13.0. The molecule has 0 bridgehead atoms. The number of methoxy groups -OCH3 is 2. The third-order valence-corrected chi connectivity index (χ3v) is 6.28. The molecule has 6 nitrogen and oxygen atoms in total. The van der Waals surface area contributed by atoms with Crippen molar-refractivity contribution in [3.05, 3.63) is 82.9 Å². The van der Waals surface area contributed by atoms with Crippen molar-refractivity contribution < 1.29 is 50.1 Å². The lowest BCUT2D eigenvalue weighted by Gasteiger charge is -2.36. The van der Waals surface area contributed by atoms with Crippen LogP contribution >= 0.6 is 0 Å². The molecule has 0 radical (unpaired) electrons. The van der Waals surface area contributed by atoms with Crippen molar-refractivity contribution in [2.24, 2.45) is 0 Å². The van der Waals surface area contributed by atoms with Crippen molar-refractivity contribution in [2.75, 3.05) is 20.8 Å². The van der Waals surface area contributed by atoms with Gasteiger partial charge in [0.2, 0.25) is 0 Å². The number of hydrogen-bond donors (Lipinski definition) is 0. The maximum atomic E-state index is 13.0. The van der Waals surface area contributed by atoms with E-state index in [9.17, 15) is 31.1 Å². The topological polar surface area (TPSA) is 57.2 Å². The van der Waals surface area contributed by atoms with Crippen LogP contribution in [-0.2, 0) is 12.8 Å². The number of hydrogen-bond acceptors (Lipinski definition) is 5. The number of alkyl halides is 6. The number of fused-ring (bicyclic) bond motifs is 1. The number of amides is 1. The summed E-state index contributed by atoms with van der Waals surface area (Å²) in [6.45, 7) is 4.15. The van der Waals surface area contributed by atoms with Crippen LogP contribution in [0.4, 0.5) is 26.3 Å². The predicted molar refractivity (Wildman–Crippen MR) is 138 cm³/mol. The van der Waals surface area contributed by atoms with Crippen molar-refractivity contribution in [1.29, 1.82) is 0 Å². The normalized spacial score (nSPS) is 14.8. The molecule has 3 aromatic carbocycles.